The van der Waals surface area contributed by atoms with E-state index in [1.807, 2.05) is 0 Å². The van der Waals surface area contributed by atoms with Crippen LogP contribution in [0.4, 0.5) is 0 Å². The van der Waals surface area contributed by atoms with Gasteiger partial charge in [-0.2, -0.15) is 0 Å². The van der Waals surface area contributed by atoms with Crippen molar-refractivity contribution in [3.8, 4) is 0 Å². The summed E-state index contributed by atoms with van der Waals surface area (Å²) in [5.41, 5.74) is 0.137. The van der Waals surface area contributed by atoms with Crippen molar-refractivity contribution in [3.63, 3.8) is 0 Å². The zero-order valence-corrected chi connectivity index (χ0v) is 11.1. The molecule has 2 heterocycles. The van der Waals surface area contributed by atoms with Crippen molar-refractivity contribution < 1.29 is 9.21 Å². The van der Waals surface area contributed by atoms with Crippen LogP contribution in [0.15, 0.2) is 34.9 Å². The number of hydrogen-bond acceptors (Lipinski definition) is 3. The van der Waals surface area contributed by atoms with Crippen molar-refractivity contribution >= 4 is 29.1 Å². The molecular formula is C12H10Cl2N2O2. The zero-order chi connectivity index (χ0) is 13.1. The Morgan fingerprint density at radius 2 is 2.17 bits per heavy atom. The summed E-state index contributed by atoms with van der Waals surface area (Å²) < 4.78 is 5.17. The first kappa shape index (κ1) is 12.9. The van der Waals surface area contributed by atoms with E-state index >= 15 is 0 Å². The van der Waals surface area contributed by atoms with Crippen molar-refractivity contribution in [2.45, 2.75) is 6.54 Å². The summed E-state index contributed by atoms with van der Waals surface area (Å²) in [6.07, 6.45) is 1.55. The number of pyridine rings is 1. The van der Waals surface area contributed by atoms with Crippen LogP contribution >= 0.6 is 23.2 Å². The van der Waals surface area contributed by atoms with Gasteiger partial charge in [0, 0.05) is 7.05 Å². The molecule has 0 bridgehead atoms. The number of carbonyl (C=O) groups excluding carboxylic acids is 1. The fraction of sp³-hybridized carbons (Fsp3) is 0.167. The van der Waals surface area contributed by atoms with Gasteiger partial charge in [0.1, 0.15) is 16.6 Å². The van der Waals surface area contributed by atoms with Gasteiger partial charge in [-0.1, -0.05) is 23.2 Å². The summed E-state index contributed by atoms with van der Waals surface area (Å²) in [6, 6.07) is 6.63. The number of hydrogen-bond donors (Lipinski definition) is 0. The van der Waals surface area contributed by atoms with Gasteiger partial charge in [-0.15, -0.1) is 0 Å². The van der Waals surface area contributed by atoms with Crippen molar-refractivity contribution in [2.24, 2.45) is 0 Å². The molecule has 0 atom stereocenters. The number of aromatic nitrogens is 1. The highest BCUT2D eigenvalue weighted by Crippen LogP contribution is 2.19. The molecule has 0 radical (unpaired) electrons. The molecule has 0 saturated carbocycles. The van der Waals surface area contributed by atoms with Gasteiger partial charge >= 0.3 is 0 Å². The van der Waals surface area contributed by atoms with E-state index in [-0.39, 0.29) is 21.8 Å². The molecule has 2 aromatic rings. The van der Waals surface area contributed by atoms with Crippen molar-refractivity contribution in [2.75, 3.05) is 7.05 Å². The van der Waals surface area contributed by atoms with E-state index in [0.29, 0.717) is 12.3 Å². The number of nitrogens with zero attached hydrogens (tertiary/aromatic N) is 2. The molecule has 2 aromatic heterocycles. The van der Waals surface area contributed by atoms with Crippen LogP contribution in [-0.2, 0) is 6.54 Å². The van der Waals surface area contributed by atoms with Crippen LogP contribution in [0.25, 0.3) is 0 Å². The van der Waals surface area contributed by atoms with Crippen molar-refractivity contribution in [3.05, 3.63) is 52.2 Å². The minimum absolute atomic E-state index is 0.137. The molecular weight excluding hydrogens is 275 g/mol. The van der Waals surface area contributed by atoms with Crippen LogP contribution < -0.4 is 0 Å². The second kappa shape index (κ2) is 5.42. The maximum Gasteiger partial charge on any atom is 0.274 e. The quantitative estimate of drug-likeness (QED) is 0.813. The van der Waals surface area contributed by atoms with Crippen LogP contribution in [0.2, 0.25) is 10.2 Å². The molecule has 4 nitrogen and oxygen atoms in total. The van der Waals surface area contributed by atoms with Gasteiger partial charge < -0.3 is 9.32 Å². The standard InChI is InChI=1S/C12H10Cl2N2O2/c1-16(7-8-3-2-6-18-8)12(17)11-9(13)4-5-10(14)15-11/h2-6H,7H2,1H3. The highest BCUT2D eigenvalue weighted by atomic mass is 35.5. The summed E-state index contributed by atoms with van der Waals surface area (Å²) >= 11 is 11.7. The Bertz CT molecular complexity index is 555. The maximum absolute atomic E-state index is 12.1. The average molecular weight is 285 g/mol. The largest absolute Gasteiger partial charge is 0.467 e. The predicted molar refractivity (Wildman–Crippen MR) is 68.8 cm³/mol. The Balaban J connectivity index is 2.17. The van der Waals surface area contributed by atoms with E-state index in [1.165, 1.54) is 11.0 Å². The third-order valence-electron chi connectivity index (χ3n) is 2.33. The summed E-state index contributed by atoms with van der Waals surface area (Å²) in [6.45, 7) is 0.344. The first-order valence-corrected chi connectivity index (χ1v) is 5.93. The molecule has 0 aromatic carbocycles. The number of furan rings is 1. The van der Waals surface area contributed by atoms with Gasteiger partial charge in [-0.25, -0.2) is 4.98 Å². The molecule has 6 heteroatoms. The average Bonchev–Trinajstić information content (AvgIpc) is 2.84. The number of carbonyl (C=O) groups is 1. The lowest BCUT2D eigenvalue weighted by Gasteiger charge is -2.15. The van der Waals surface area contributed by atoms with E-state index in [9.17, 15) is 4.79 Å². The Morgan fingerprint density at radius 1 is 1.39 bits per heavy atom. The summed E-state index contributed by atoms with van der Waals surface area (Å²) in [5, 5.41) is 0.504. The summed E-state index contributed by atoms with van der Waals surface area (Å²) in [7, 11) is 1.64. The first-order valence-electron chi connectivity index (χ1n) is 5.18. The lowest BCUT2D eigenvalue weighted by molar-refractivity contribution is 0.0770. The van der Waals surface area contributed by atoms with Gasteiger partial charge in [0.2, 0.25) is 0 Å². The fourth-order valence-corrected chi connectivity index (χ4v) is 1.79. The molecule has 0 saturated heterocycles. The first-order chi connectivity index (χ1) is 8.58. The molecule has 2 rings (SSSR count). The number of amides is 1. The highest BCUT2D eigenvalue weighted by Gasteiger charge is 2.18. The molecule has 1 amide bonds. The lowest BCUT2D eigenvalue weighted by Crippen LogP contribution is -2.27. The van der Waals surface area contributed by atoms with E-state index in [1.54, 1.807) is 31.5 Å². The van der Waals surface area contributed by atoms with Crippen molar-refractivity contribution in [1.29, 1.82) is 0 Å². The minimum Gasteiger partial charge on any atom is -0.467 e. The molecule has 94 valence electrons. The Hall–Kier alpha value is -1.52. The third-order valence-corrected chi connectivity index (χ3v) is 2.85. The molecule has 18 heavy (non-hydrogen) atoms. The molecule has 0 unspecified atom stereocenters. The van der Waals surface area contributed by atoms with Gasteiger partial charge in [0.05, 0.1) is 17.8 Å². The maximum atomic E-state index is 12.1. The molecule has 0 aliphatic carbocycles. The normalized spacial score (nSPS) is 10.4. The Morgan fingerprint density at radius 3 is 2.83 bits per heavy atom. The molecule has 0 N–H and O–H groups in total. The smallest absolute Gasteiger partial charge is 0.274 e. The number of rotatable bonds is 3. The Labute approximate surface area is 114 Å². The van der Waals surface area contributed by atoms with Crippen LogP contribution in [0.1, 0.15) is 16.2 Å². The van der Waals surface area contributed by atoms with Crippen molar-refractivity contribution in [1.82, 2.24) is 9.88 Å². The van der Waals surface area contributed by atoms with Crippen LogP contribution in [-0.4, -0.2) is 22.8 Å². The topological polar surface area (TPSA) is 46.3 Å². The van der Waals surface area contributed by atoms with Gasteiger partial charge in [-0.3, -0.25) is 4.79 Å². The molecule has 0 fully saturated rings. The number of halogens is 2. The van der Waals surface area contributed by atoms with Crippen LogP contribution in [0.5, 0.6) is 0 Å². The molecule has 0 aliphatic rings. The molecule has 0 aliphatic heterocycles. The summed E-state index contributed by atoms with van der Waals surface area (Å²) in [5.74, 6) is 0.378. The zero-order valence-electron chi connectivity index (χ0n) is 9.56. The molecule has 0 spiro atoms. The highest BCUT2D eigenvalue weighted by molar-refractivity contribution is 6.34. The SMILES string of the molecule is CN(Cc1ccco1)C(=O)c1nc(Cl)ccc1Cl. The predicted octanol–water partition coefficient (Wildman–Crippen LogP) is 3.25. The van der Waals surface area contributed by atoms with Gasteiger partial charge in [-0.05, 0) is 24.3 Å². The monoisotopic (exact) mass is 284 g/mol. The van der Waals surface area contributed by atoms with E-state index in [4.69, 9.17) is 27.6 Å². The van der Waals surface area contributed by atoms with Crippen LogP contribution in [0.3, 0.4) is 0 Å². The Kier molecular flexibility index (Phi) is 3.89. The second-order valence-corrected chi connectivity index (χ2v) is 4.50. The fourth-order valence-electron chi connectivity index (χ4n) is 1.46. The minimum atomic E-state index is -0.307. The second-order valence-electron chi connectivity index (χ2n) is 3.70. The third kappa shape index (κ3) is 2.83. The van der Waals surface area contributed by atoms with Crippen LogP contribution in [0, 0.1) is 0 Å². The summed E-state index contributed by atoms with van der Waals surface area (Å²) in [4.78, 5) is 17.5. The van der Waals surface area contributed by atoms with E-state index < -0.39 is 0 Å². The van der Waals surface area contributed by atoms with E-state index in [2.05, 4.69) is 4.98 Å². The van der Waals surface area contributed by atoms with E-state index in [0.717, 1.165) is 0 Å². The van der Waals surface area contributed by atoms with Gasteiger partial charge in [0.25, 0.3) is 5.91 Å². The lowest BCUT2D eigenvalue weighted by atomic mass is 10.3. The van der Waals surface area contributed by atoms with Gasteiger partial charge in [0.15, 0.2) is 0 Å².